The van der Waals surface area contributed by atoms with Crippen LogP contribution >= 0.6 is 0 Å². The third kappa shape index (κ3) is 6.24. The third-order valence-corrected chi connectivity index (χ3v) is 3.16. The standard InChI is InChI=1S/C14H28N2O2/c1-14(2,3)18-13(17)16(4)11-7-9-12-8-5-6-10-15-12/h12,15H,5-11H2,1-4H3. The first-order valence-corrected chi connectivity index (χ1v) is 7.06. The van der Waals surface area contributed by atoms with Crippen molar-refractivity contribution >= 4 is 6.09 Å². The summed E-state index contributed by atoms with van der Waals surface area (Å²) in [6.45, 7) is 7.60. The Hall–Kier alpha value is -0.770. The first-order valence-electron chi connectivity index (χ1n) is 7.06. The van der Waals surface area contributed by atoms with Crippen molar-refractivity contribution in [2.75, 3.05) is 20.1 Å². The van der Waals surface area contributed by atoms with Crippen LogP contribution in [0.25, 0.3) is 0 Å². The van der Waals surface area contributed by atoms with E-state index in [1.54, 1.807) is 4.90 Å². The Labute approximate surface area is 111 Å². The topological polar surface area (TPSA) is 41.6 Å². The normalized spacial score (nSPS) is 20.6. The molecule has 1 saturated heterocycles. The molecule has 0 radical (unpaired) electrons. The van der Waals surface area contributed by atoms with E-state index in [-0.39, 0.29) is 6.09 Å². The predicted molar refractivity (Wildman–Crippen MR) is 73.7 cm³/mol. The van der Waals surface area contributed by atoms with Crippen LogP contribution in [0.4, 0.5) is 4.79 Å². The Morgan fingerprint density at radius 3 is 2.67 bits per heavy atom. The van der Waals surface area contributed by atoms with Crippen LogP contribution in [0.1, 0.15) is 52.9 Å². The van der Waals surface area contributed by atoms with Gasteiger partial charge >= 0.3 is 6.09 Å². The van der Waals surface area contributed by atoms with Crippen LogP contribution in [-0.2, 0) is 4.74 Å². The maximum atomic E-state index is 11.7. The number of carbonyl (C=O) groups excluding carboxylic acids is 1. The summed E-state index contributed by atoms with van der Waals surface area (Å²) in [6, 6.07) is 0.644. The van der Waals surface area contributed by atoms with Gasteiger partial charge in [-0.05, 0) is 53.0 Å². The minimum absolute atomic E-state index is 0.223. The van der Waals surface area contributed by atoms with Gasteiger partial charge in [-0.2, -0.15) is 0 Å². The van der Waals surface area contributed by atoms with Crippen LogP contribution in [0, 0.1) is 0 Å². The molecule has 1 unspecified atom stereocenters. The molecule has 0 aliphatic carbocycles. The van der Waals surface area contributed by atoms with E-state index in [2.05, 4.69) is 5.32 Å². The molecule has 0 spiro atoms. The molecule has 106 valence electrons. The lowest BCUT2D eigenvalue weighted by Gasteiger charge is -2.26. The molecule has 0 aromatic rings. The summed E-state index contributed by atoms with van der Waals surface area (Å²) in [6.07, 6.45) is 5.86. The number of carbonyl (C=O) groups is 1. The summed E-state index contributed by atoms with van der Waals surface area (Å²) in [7, 11) is 1.81. The van der Waals surface area contributed by atoms with Crippen LogP contribution in [0.5, 0.6) is 0 Å². The molecule has 0 bridgehead atoms. The second kappa shape index (κ2) is 6.98. The highest BCUT2D eigenvalue weighted by atomic mass is 16.6. The average molecular weight is 256 g/mol. The van der Waals surface area contributed by atoms with E-state index in [1.807, 2.05) is 27.8 Å². The summed E-state index contributed by atoms with van der Waals surface area (Å²) in [5, 5.41) is 3.53. The van der Waals surface area contributed by atoms with E-state index >= 15 is 0 Å². The first-order chi connectivity index (χ1) is 8.38. The molecule has 0 saturated carbocycles. The van der Waals surface area contributed by atoms with E-state index in [9.17, 15) is 4.79 Å². The lowest BCUT2D eigenvalue weighted by atomic mass is 10.0. The van der Waals surface area contributed by atoms with Crippen molar-refractivity contribution in [3.05, 3.63) is 0 Å². The van der Waals surface area contributed by atoms with E-state index < -0.39 is 5.60 Å². The Balaban J connectivity index is 2.15. The van der Waals surface area contributed by atoms with Crippen molar-refractivity contribution in [1.82, 2.24) is 10.2 Å². The molecule has 1 rings (SSSR count). The minimum atomic E-state index is -0.406. The molecule has 4 heteroatoms. The average Bonchev–Trinajstić information content (AvgIpc) is 2.28. The van der Waals surface area contributed by atoms with E-state index in [4.69, 9.17) is 4.74 Å². The molecule has 0 aromatic carbocycles. The minimum Gasteiger partial charge on any atom is -0.444 e. The lowest BCUT2D eigenvalue weighted by molar-refractivity contribution is 0.0295. The smallest absolute Gasteiger partial charge is 0.410 e. The molecule has 1 amide bonds. The molecule has 1 N–H and O–H groups in total. The number of hydrogen-bond acceptors (Lipinski definition) is 3. The van der Waals surface area contributed by atoms with Crippen LogP contribution in [0.3, 0.4) is 0 Å². The van der Waals surface area contributed by atoms with Crippen molar-refractivity contribution in [2.45, 2.75) is 64.5 Å². The van der Waals surface area contributed by atoms with Crippen LogP contribution in [-0.4, -0.2) is 42.8 Å². The van der Waals surface area contributed by atoms with Crippen molar-refractivity contribution in [2.24, 2.45) is 0 Å². The number of nitrogens with zero attached hydrogens (tertiary/aromatic N) is 1. The largest absolute Gasteiger partial charge is 0.444 e. The van der Waals surface area contributed by atoms with Gasteiger partial charge in [-0.15, -0.1) is 0 Å². The monoisotopic (exact) mass is 256 g/mol. The molecule has 1 aliphatic rings. The fraction of sp³-hybridized carbons (Fsp3) is 0.929. The van der Waals surface area contributed by atoms with Gasteiger partial charge in [0.05, 0.1) is 0 Å². The summed E-state index contributed by atoms with van der Waals surface area (Å²) >= 11 is 0. The Morgan fingerprint density at radius 2 is 2.11 bits per heavy atom. The van der Waals surface area contributed by atoms with Crippen LogP contribution in [0.2, 0.25) is 0 Å². The van der Waals surface area contributed by atoms with Crippen LogP contribution < -0.4 is 5.32 Å². The Morgan fingerprint density at radius 1 is 1.39 bits per heavy atom. The molecule has 1 atom stereocenters. The zero-order chi connectivity index (χ0) is 13.6. The predicted octanol–water partition coefficient (Wildman–Crippen LogP) is 2.78. The van der Waals surface area contributed by atoms with Crippen molar-refractivity contribution in [3.63, 3.8) is 0 Å². The zero-order valence-corrected chi connectivity index (χ0v) is 12.3. The van der Waals surface area contributed by atoms with Crippen LogP contribution in [0.15, 0.2) is 0 Å². The van der Waals surface area contributed by atoms with Gasteiger partial charge in [-0.3, -0.25) is 0 Å². The van der Waals surface area contributed by atoms with Gasteiger partial charge in [0, 0.05) is 19.6 Å². The van der Waals surface area contributed by atoms with E-state index in [0.717, 1.165) is 25.9 Å². The summed E-state index contributed by atoms with van der Waals surface area (Å²) in [4.78, 5) is 13.4. The summed E-state index contributed by atoms with van der Waals surface area (Å²) in [5.74, 6) is 0. The van der Waals surface area contributed by atoms with E-state index in [0.29, 0.717) is 6.04 Å². The third-order valence-electron chi connectivity index (χ3n) is 3.16. The maximum Gasteiger partial charge on any atom is 0.410 e. The zero-order valence-electron chi connectivity index (χ0n) is 12.3. The van der Waals surface area contributed by atoms with Gasteiger partial charge in [0.1, 0.15) is 5.60 Å². The van der Waals surface area contributed by atoms with Crippen molar-refractivity contribution in [3.8, 4) is 0 Å². The number of nitrogens with one attached hydrogen (secondary N) is 1. The number of rotatable bonds is 4. The maximum absolute atomic E-state index is 11.7. The van der Waals surface area contributed by atoms with Gasteiger partial charge < -0.3 is 15.0 Å². The first kappa shape index (κ1) is 15.3. The summed E-state index contributed by atoms with van der Waals surface area (Å²) in [5.41, 5.74) is -0.406. The van der Waals surface area contributed by atoms with Crippen molar-refractivity contribution < 1.29 is 9.53 Å². The number of amides is 1. The highest BCUT2D eigenvalue weighted by Gasteiger charge is 2.19. The number of hydrogen-bond donors (Lipinski definition) is 1. The molecule has 1 aliphatic heterocycles. The quantitative estimate of drug-likeness (QED) is 0.841. The van der Waals surface area contributed by atoms with E-state index in [1.165, 1.54) is 19.3 Å². The molecule has 1 fully saturated rings. The number of piperidine rings is 1. The molecule has 0 aromatic heterocycles. The van der Waals surface area contributed by atoms with Gasteiger partial charge in [-0.25, -0.2) is 4.79 Å². The molecule has 1 heterocycles. The molecular formula is C14H28N2O2. The van der Waals surface area contributed by atoms with Gasteiger partial charge in [0.25, 0.3) is 0 Å². The summed E-state index contributed by atoms with van der Waals surface area (Å²) < 4.78 is 5.31. The van der Waals surface area contributed by atoms with Crippen molar-refractivity contribution in [1.29, 1.82) is 0 Å². The second-order valence-corrected chi connectivity index (χ2v) is 6.19. The highest BCUT2D eigenvalue weighted by molar-refractivity contribution is 5.67. The number of ether oxygens (including phenoxy) is 1. The highest BCUT2D eigenvalue weighted by Crippen LogP contribution is 2.13. The lowest BCUT2D eigenvalue weighted by Crippen LogP contribution is -2.37. The molecule has 4 nitrogen and oxygen atoms in total. The van der Waals surface area contributed by atoms with Gasteiger partial charge in [0.2, 0.25) is 0 Å². The second-order valence-electron chi connectivity index (χ2n) is 6.19. The fourth-order valence-corrected chi connectivity index (χ4v) is 2.18. The van der Waals surface area contributed by atoms with Gasteiger partial charge in [-0.1, -0.05) is 6.42 Å². The Kier molecular flexibility index (Phi) is 5.93. The SMILES string of the molecule is CN(CCCC1CCCCN1)C(=O)OC(C)(C)C. The molecule has 18 heavy (non-hydrogen) atoms. The fourth-order valence-electron chi connectivity index (χ4n) is 2.18. The molecular weight excluding hydrogens is 228 g/mol. The Bertz CT molecular complexity index is 255. The van der Waals surface area contributed by atoms with Gasteiger partial charge in [0.15, 0.2) is 0 Å².